The molecule has 2 aromatic heterocycles. The number of hydrogen-bond acceptors (Lipinski definition) is 7. The zero-order chi connectivity index (χ0) is 20.4. The summed E-state index contributed by atoms with van der Waals surface area (Å²) in [6, 6.07) is 0. The molecule has 0 bridgehead atoms. The van der Waals surface area contributed by atoms with Gasteiger partial charge in [-0.25, -0.2) is 9.97 Å². The third kappa shape index (κ3) is 4.42. The van der Waals surface area contributed by atoms with E-state index in [0.29, 0.717) is 6.61 Å². The Balaban J connectivity index is 1.73. The number of aliphatic hydroxyl groups is 1. The molecular formula is C21H33N4O2S2+. The highest BCUT2D eigenvalue weighted by Gasteiger charge is 2.34. The van der Waals surface area contributed by atoms with Crippen LogP contribution in [0.3, 0.4) is 0 Å². The third-order valence-corrected chi connectivity index (χ3v) is 8.37. The summed E-state index contributed by atoms with van der Waals surface area (Å²) in [5.74, 6) is 2.16. The molecule has 2 aliphatic rings. The van der Waals surface area contributed by atoms with Gasteiger partial charge in [0.25, 0.3) is 0 Å². The Morgan fingerprint density at radius 3 is 2.76 bits per heavy atom. The Bertz CT molecular complexity index is 851. The molecule has 160 valence electrons. The number of piperazine rings is 1. The van der Waals surface area contributed by atoms with Crippen molar-refractivity contribution < 1.29 is 14.7 Å². The second kappa shape index (κ2) is 9.06. The highest BCUT2D eigenvalue weighted by molar-refractivity contribution is 7.99. The van der Waals surface area contributed by atoms with Gasteiger partial charge in [0.05, 0.1) is 50.4 Å². The number of quaternary nitrogens is 1. The number of thiophene rings is 1. The minimum absolute atomic E-state index is 0.0993. The minimum atomic E-state index is -0.0993. The van der Waals surface area contributed by atoms with Crippen molar-refractivity contribution in [3.8, 4) is 0 Å². The summed E-state index contributed by atoms with van der Waals surface area (Å²) >= 11 is 3.55. The van der Waals surface area contributed by atoms with Crippen LogP contribution in [0.2, 0.25) is 0 Å². The summed E-state index contributed by atoms with van der Waals surface area (Å²) in [5.41, 5.74) is 1.31. The first-order chi connectivity index (χ1) is 14.1. The van der Waals surface area contributed by atoms with Crippen molar-refractivity contribution in [1.29, 1.82) is 0 Å². The van der Waals surface area contributed by atoms with E-state index in [1.807, 2.05) is 0 Å². The number of fused-ring (bicyclic) bond motifs is 3. The van der Waals surface area contributed by atoms with E-state index < -0.39 is 0 Å². The lowest BCUT2D eigenvalue weighted by molar-refractivity contribution is -0.900. The van der Waals surface area contributed by atoms with Crippen LogP contribution in [0.25, 0.3) is 10.2 Å². The van der Waals surface area contributed by atoms with Gasteiger partial charge in [-0.3, -0.25) is 0 Å². The van der Waals surface area contributed by atoms with Crippen LogP contribution in [0.15, 0.2) is 5.16 Å². The number of ether oxygens (including phenoxy) is 1. The molecule has 4 heterocycles. The standard InChI is InChI=1S/C21H32N4O2S2/c1-4-12-28-20-22-18(25-8-6-24(7-9-25)10-11-26)17-15-13-21(3,5-2)27-14-16(15)29-19(17)23-20/h26H,4-14H2,1-3H3/p+1/t21-/m1/s1. The molecule has 4 rings (SSSR count). The fourth-order valence-corrected chi connectivity index (χ4v) is 6.04. The Kier molecular flexibility index (Phi) is 6.65. The van der Waals surface area contributed by atoms with E-state index in [1.165, 1.54) is 20.7 Å². The topological polar surface area (TPSA) is 62.9 Å². The van der Waals surface area contributed by atoms with Crippen LogP contribution in [0.5, 0.6) is 0 Å². The Hall–Kier alpha value is -0.930. The quantitative estimate of drug-likeness (QED) is 0.511. The molecule has 1 atom stereocenters. The van der Waals surface area contributed by atoms with Gasteiger partial charge in [-0.2, -0.15) is 0 Å². The number of hydrogen-bond donors (Lipinski definition) is 2. The highest BCUT2D eigenvalue weighted by atomic mass is 32.2. The summed E-state index contributed by atoms with van der Waals surface area (Å²) in [6.45, 7) is 12.5. The molecule has 1 saturated heterocycles. The van der Waals surface area contributed by atoms with Crippen LogP contribution in [0.1, 0.15) is 44.1 Å². The van der Waals surface area contributed by atoms with E-state index in [0.717, 1.165) is 73.5 Å². The number of rotatable bonds is 7. The maximum Gasteiger partial charge on any atom is 0.190 e. The van der Waals surface area contributed by atoms with Crippen molar-refractivity contribution in [2.45, 2.75) is 57.4 Å². The third-order valence-electron chi connectivity index (χ3n) is 6.22. The average molecular weight is 438 g/mol. The lowest BCUT2D eigenvalue weighted by Gasteiger charge is -2.35. The first-order valence-corrected chi connectivity index (χ1v) is 12.7. The van der Waals surface area contributed by atoms with Crippen LogP contribution in [-0.4, -0.2) is 65.8 Å². The number of aliphatic hydroxyl groups excluding tert-OH is 1. The van der Waals surface area contributed by atoms with Gasteiger partial charge in [0.1, 0.15) is 17.2 Å². The van der Waals surface area contributed by atoms with Gasteiger partial charge in [-0.15, -0.1) is 11.3 Å². The molecule has 2 aromatic rings. The zero-order valence-corrected chi connectivity index (χ0v) is 19.4. The van der Waals surface area contributed by atoms with Crippen molar-refractivity contribution in [2.24, 2.45) is 0 Å². The monoisotopic (exact) mass is 437 g/mol. The normalized spacial score (nSPS) is 23.0. The summed E-state index contributed by atoms with van der Waals surface area (Å²) in [7, 11) is 0. The lowest BCUT2D eigenvalue weighted by atomic mass is 9.90. The molecule has 0 aliphatic carbocycles. The molecule has 0 amide bonds. The largest absolute Gasteiger partial charge is 0.391 e. The first kappa shape index (κ1) is 21.3. The van der Waals surface area contributed by atoms with Gasteiger partial charge < -0.3 is 19.6 Å². The molecule has 1 fully saturated rings. The van der Waals surface area contributed by atoms with E-state index in [4.69, 9.17) is 14.7 Å². The predicted molar refractivity (Wildman–Crippen MR) is 120 cm³/mol. The van der Waals surface area contributed by atoms with Crippen LogP contribution < -0.4 is 9.80 Å². The molecule has 8 heteroatoms. The average Bonchev–Trinajstić information content (AvgIpc) is 3.10. The van der Waals surface area contributed by atoms with E-state index in [2.05, 4.69) is 25.7 Å². The van der Waals surface area contributed by atoms with Gasteiger partial charge in [-0.05, 0) is 25.3 Å². The second-order valence-corrected chi connectivity index (χ2v) is 10.5. The number of aromatic nitrogens is 2. The summed E-state index contributed by atoms with van der Waals surface area (Å²) in [5, 5.41) is 11.4. The molecule has 0 radical (unpaired) electrons. The van der Waals surface area contributed by atoms with E-state index in [-0.39, 0.29) is 12.2 Å². The fourth-order valence-electron chi connectivity index (χ4n) is 4.19. The number of nitrogens with zero attached hydrogens (tertiary/aromatic N) is 3. The van der Waals surface area contributed by atoms with Gasteiger partial charge in [0.15, 0.2) is 5.16 Å². The molecule has 29 heavy (non-hydrogen) atoms. The van der Waals surface area contributed by atoms with Gasteiger partial charge in [0, 0.05) is 17.1 Å². The Morgan fingerprint density at radius 2 is 2.07 bits per heavy atom. The molecule has 2 N–H and O–H groups in total. The van der Waals surface area contributed by atoms with Gasteiger partial charge in [-0.1, -0.05) is 25.6 Å². The maximum atomic E-state index is 9.27. The van der Waals surface area contributed by atoms with Gasteiger partial charge >= 0.3 is 0 Å². The summed E-state index contributed by atoms with van der Waals surface area (Å²) in [6.07, 6.45) is 3.06. The maximum absolute atomic E-state index is 9.27. The smallest absolute Gasteiger partial charge is 0.190 e. The number of thioether (sulfide) groups is 1. The minimum Gasteiger partial charge on any atom is -0.391 e. The Morgan fingerprint density at radius 1 is 1.28 bits per heavy atom. The zero-order valence-electron chi connectivity index (χ0n) is 17.8. The molecule has 0 unspecified atom stereocenters. The SMILES string of the molecule is CCCSc1nc(N2CC[NH+](CCO)CC2)c2c3c(sc2n1)CO[C@](C)(CC)C3. The predicted octanol–water partition coefficient (Wildman–Crippen LogP) is 2.13. The van der Waals surface area contributed by atoms with E-state index in [1.54, 1.807) is 23.1 Å². The highest BCUT2D eigenvalue weighted by Crippen LogP contribution is 2.43. The molecule has 6 nitrogen and oxygen atoms in total. The number of anilines is 1. The first-order valence-electron chi connectivity index (χ1n) is 10.8. The van der Waals surface area contributed by atoms with Crippen molar-refractivity contribution in [1.82, 2.24) is 9.97 Å². The van der Waals surface area contributed by atoms with Crippen LogP contribution >= 0.6 is 23.1 Å². The second-order valence-electron chi connectivity index (χ2n) is 8.34. The molecule has 0 saturated carbocycles. The van der Waals surface area contributed by atoms with Crippen LogP contribution in [0, 0.1) is 0 Å². The lowest BCUT2D eigenvalue weighted by Crippen LogP contribution is -3.15. The van der Waals surface area contributed by atoms with Crippen LogP contribution in [-0.2, 0) is 17.8 Å². The number of nitrogens with one attached hydrogen (secondary N) is 1. The van der Waals surface area contributed by atoms with Crippen molar-refractivity contribution >= 4 is 39.1 Å². The molecule has 0 aromatic carbocycles. The molecular weight excluding hydrogens is 404 g/mol. The Labute approximate surface area is 181 Å². The summed E-state index contributed by atoms with van der Waals surface area (Å²) in [4.78, 5) is 16.4. The van der Waals surface area contributed by atoms with Gasteiger partial charge in [0.2, 0.25) is 0 Å². The van der Waals surface area contributed by atoms with E-state index >= 15 is 0 Å². The summed E-state index contributed by atoms with van der Waals surface area (Å²) < 4.78 is 6.21. The molecule has 0 spiro atoms. The van der Waals surface area contributed by atoms with Crippen LogP contribution in [0.4, 0.5) is 5.82 Å². The van der Waals surface area contributed by atoms with E-state index in [9.17, 15) is 5.11 Å². The van der Waals surface area contributed by atoms with Crippen molar-refractivity contribution in [3.63, 3.8) is 0 Å². The molecule has 2 aliphatic heterocycles. The fraction of sp³-hybridized carbons (Fsp3) is 0.714. The van der Waals surface area contributed by atoms with Crippen molar-refractivity contribution in [2.75, 3.05) is 50.0 Å². The van der Waals surface area contributed by atoms with Crippen molar-refractivity contribution in [3.05, 3.63) is 10.4 Å².